The first kappa shape index (κ1) is 15.4. The van der Waals surface area contributed by atoms with Crippen molar-refractivity contribution in [2.45, 2.75) is 44.8 Å². The molecule has 3 nitrogen and oxygen atoms in total. The van der Waals surface area contributed by atoms with E-state index in [1.807, 2.05) is 12.1 Å². The number of hydrogen-bond donors (Lipinski definition) is 2. The van der Waals surface area contributed by atoms with Crippen LogP contribution in [0.3, 0.4) is 0 Å². The highest BCUT2D eigenvalue weighted by atomic mass is 19.1. The van der Waals surface area contributed by atoms with Crippen molar-refractivity contribution in [3.63, 3.8) is 0 Å². The fourth-order valence-electron chi connectivity index (χ4n) is 4.34. The molecule has 3 fully saturated rings. The van der Waals surface area contributed by atoms with E-state index in [0.717, 1.165) is 49.2 Å². The first-order valence-electron chi connectivity index (χ1n) is 9.18. The van der Waals surface area contributed by atoms with Crippen LogP contribution in [-0.2, 0) is 6.54 Å². The lowest BCUT2D eigenvalue weighted by atomic mass is 9.98. The maximum atomic E-state index is 14.0. The lowest BCUT2D eigenvalue weighted by molar-refractivity contribution is 0.148. The lowest BCUT2D eigenvalue weighted by Gasteiger charge is -2.23. The van der Waals surface area contributed by atoms with Gasteiger partial charge in [0.2, 0.25) is 0 Å². The predicted octanol–water partition coefficient (Wildman–Crippen LogP) is 3.09. The second-order valence-electron chi connectivity index (χ2n) is 7.42. The zero-order valence-electron chi connectivity index (χ0n) is 13.7. The van der Waals surface area contributed by atoms with Crippen LogP contribution in [-0.4, -0.2) is 25.7 Å². The summed E-state index contributed by atoms with van der Waals surface area (Å²) in [7, 11) is 0. The van der Waals surface area contributed by atoms with Gasteiger partial charge in [0.05, 0.1) is 6.10 Å². The average Bonchev–Trinajstić information content (AvgIpc) is 3.01. The van der Waals surface area contributed by atoms with E-state index in [9.17, 15) is 4.39 Å². The molecular weight excluding hydrogens is 291 g/mol. The Morgan fingerprint density at radius 3 is 2.70 bits per heavy atom. The Morgan fingerprint density at radius 2 is 1.91 bits per heavy atom. The Bertz CT molecular complexity index is 534. The second-order valence-corrected chi connectivity index (χ2v) is 7.42. The van der Waals surface area contributed by atoms with Crippen LogP contribution >= 0.6 is 0 Å². The number of piperidine rings is 1. The molecule has 1 aromatic carbocycles. The summed E-state index contributed by atoms with van der Waals surface area (Å²) >= 11 is 0. The van der Waals surface area contributed by atoms with Crippen molar-refractivity contribution >= 4 is 0 Å². The minimum Gasteiger partial charge on any atom is -0.487 e. The zero-order chi connectivity index (χ0) is 15.6. The van der Waals surface area contributed by atoms with Gasteiger partial charge in [-0.2, -0.15) is 0 Å². The largest absolute Gasteiger partial charge is 0.487 e. The maximum absolute atomic E-state index is 14.0. The molecule has 2 atom stereocenters. The normalized spacial score (nSPS) is 30.2. The third-order valence-electron chi connectivity index (χ3n) is 5.82. The van der Waals surface area contributed by atoms with E-state index in [2.05, 4.69) is 10.6 Å². The van der Waals surface area contributed by atoms with Crippen LogP contribution in [0.4, 0.5) is 4.39 Å². The fraction of sp³-hybridized carbons (Fsp3) is 0.684. The van der Waals surface area contributed by atoms with Crippen molar-refractivity contribution in [2.75, 3.05) is 19.6 Å². The predicted molar refractivity (Wildman–Crippen MR) is 88.9 cm³/mol. The van der Waals surface area contributed by atoms with Crippen LogP contribution < -0.4 is 15.4 Å². The van der Waals surface area contributed by atoms with Gasteiger partial charge in [0.15, 0.2) is 11.6 Å². The number of rotatable bonds is 6. The van der Waals surface area contributed by atoms with Crippen LogP contribution in [0, 0.1) is 23.6 Å². The molecular formula is C19H27FN2O. The van der Waals surface area contributed by atoms with Gasteiger partial charge in [-0.25, -0.2) is 4.39 Å². The molecule has 0 spiro atoms. The van der Waals surface area contributed by atoms with Crippen molar-refractivity contribution in [3.8, 4) is 5.75 Å². The SMILES string of the molecule is Fc1ccc(CNCC2C3CNCC23)cc1OC1CCCCC1. The lowest BCUT2D eigenvalue weighted by Crippen LogP contribution is -2.23. The van der Waals surface area contributed by atoms with Gasteiger partial charge in [0.25, 0.3) is 0 Å². The Hall–Kier alpha value is -1.13. The zero-order valence-corrected chi connectivity index (χ0v) is 13.7. The van der Waals surface area contributed by atoms with E-state index in [1.165, 1.54) is 32.4 Å². The molecule has 0 amide bonds. The number of nitrogens with one attached hydrogen (secondary N) is 2. The molecule has 0 bridgehead atoms. The summed E-state index contributed by atoms with van der Waals surface area (Å²) in [6.45, 7) is 4.25. The molecule has 0 radical (unpaired) electrons. The Kier molecular flexibility index (Phi) is 4.54. The summed E-state index contributed by atoms with van der Waals surface area (Å²) in [6, 6.07) is 5.29. The monoisotopic (exact) mass is 318 g/mol. The van der Waals surface area contributed by atoms with Crippen LogP contribution in [0.1, 0.15) is 37.7 Å². The summed E-state index contributed by atoms with van der Waals surface area (Å²) in [5.74, 6) is 2.82. The topological polar surface area (TPSA) is 33.3 Å². The smallest absolute Gasteiger partial charge is 0.165 e. The number of benzene rings is 1. The molecule has 1 aromatic rings. The van der Waals surface area contributed by atoms with Gasteiger partial charge in [-0.05, 0) is 80.8 Å². The summed E-state index contributed by atoms with van der Waals surface area (Å²) in [6.07, 6.45) is 5.99. The van der Waals surface area contributed by atoms with Gasteiger partial charge in [-0.15, -0.1) is 0 Å². The fourth-order valence-corrected chi connectivity index (χ4v) is 4.34. The maximum Gasteiger partial charge on any atom is 0.165 e. The minimum absolute atomic E-state index is 0.194. The molecule has 3 aliphatic rings. The first-order chi connectivity index (χ1) is 11.3. The van der Waals surface area contributed by atoms with Crippen molar-refractivity contribution < 1.29 is 9.13 Å². The molecule has 2 N–H and O–H groups in total. The molecule has 23 heavy (non-hydrogen) atoms. The van der Waals surface area contributed by atoms with Crippen molar-refractivity contribution in [1.82, 2.24) is 10.6 Å². The van der Waals surface area contributed by atoms with Crippen LogP contribution in [0.15, 0.2) is 18.2 Å². The van der Waals surface area contributed by atoms with Crippen molar-refractivity contribution in [1.29, 1.82) is 0 Å². The Balaban J connectivity index is 1.29. The van der Waals surface area contributed by atoms with Crippen molar-refractivity contribution in [3.05, 3.63) is 29.6 Å². The minimum atomic E-state index is -0.234. The average molecular weight is 318 g/mol. The highest BCUT2D eigenvalue weighted by Gasteiger charge is 2.51. The van der Waals surface area contributed by atoms with E-state index < -0.39 is 0 Å². The van der Waals surface area contributed by atoms with E-state index in [-0.39, 0.29) is 11.9 Å². The van der Waals surface area contributed by atoms with E-state index in [0.29, 0.717) is 5.75 Å². The first-order valence-corrected chi connectivity index (χ1v) is 9.18. The highest BCUT2D eigenvalue weighted by molar-refractivity contribution is 5.30. The third kappa shape index (κ3) is 3.53. The van der Waals surface area contributed by atoms with E-state index in [4.69, 9.17) is 4.74 Å². The third-order valence-corrected chi connectivity index (χ3v) is 5.82. The second kappa shape index (κ2) is 6.78. The summed E-state index contributed by atoms with van der Waals surface area (Å²) in [4.78, 5) is 0. The van der Waals surface area contributed by atoms with E-state index >= 15 is 0 Å². The van der Waals surface area contributed by atoms with Crippen LogP contribution in [0.25, 0.3) is 0 Å². The van der Waals surface area contributed by atoms with E-state index in [1.54, 1.807) is 6.07 Å². The molecule has 4 rings (SSSR count). The summed E-state index contributed by atoms with van der Waals surface area (Å²) in [5, 5.41) is 6.96. The highest BCUT2D eigenvalue weighted by Crippen LogP contribution is 2.48. The molecule has 0 aromatic heterocycles. The molecule has 2 aliphatic carbocycles. The number of fused-ring (bicyclic) bond motifs is 1. The van der Waals surface area contributed by atoms with Crippen LogP contribution in [0.5, 0.6) is 5.75 Å². The molecule has 1 saturated heterocycles. The summed E-state index contributed by atoms with van der Waals surface area (Å²) in [5.41, 5.74) is 1.11. The quantitative estimate of drug-likeness (QED) is 0.845. The van der Waals surface area contributed by atoms with Gasteiger partial charge < -0.3 is 15.4 Å². The van der Waals surface area contributed by atoms with Gasteiger partial charge in [-0.3, -0.25) is 0 Å². The number of halogens is 1. The van der Waals surface area contributed by atoms with Gasteiger partial charge >= 0.3 is 0 Å². The summed E-state index contributed by atoms with van der Waals surface area (Å²) < 4.78 is 19.9. The molecule has 2 unspecified atom stereocenters. The molecule has 4 heteroatoms. The molecule has 126 valence electrons. The van der Waals surface area contributed by atoms with Gasteiger partial charge in [0, 0.05) is 6.54 Å². The van der Waals surface area contributed by atoms with Crippen molar-refractivity contribution in [2.24, 2.45) is 17.8 Å². The van der Waals surface area contributed by atoms with Gasteiger partial charge in [0.1, 0.15) is 0 Å². The van der Waals surface area contributed by atoms with Gasteiger partial charge in [-0.1, -0.05) is 12.5 Å². The van der Waals surface area contributed by atoms with Crippen LogP contribution in [0.2, 0.25) is 0 Å². The Labute approximate surface area is 138 Å². The Morgan fingerprint density at radius 1 is 1.13 bits per heavy atom. The number of ether oxygens (including phenoxy) is 1. The molecule has 2 saturated carbocycles. The molecule has 1 aliphatic heterocycles. The number of hydrogen-bond acceptors (Lipinski definition) is 3. The molecule has 1 heterocycles. The standard InChI is InChI=1S/C19H27FN2O/c20-18-7-6-13(8-19(18)23-14-4-2-1-3-5-14)9-21-10-15-16-11-22-12-17(15)16/h6-8,14-17,21-22H,1-5,9-12H2.